The van der Waals surface area contributed by atoms with Gasteiger partial charge in [0.05, 0.1) is 16.7 Å². The number of hydrogen-bond acceptors (Lipinski definition) is 4. The molecule has 0 unspecified atom stereocenters. The summed E-state index contributed by atoms with van der Waals surface area (Å²) >= 11 is 0. The zero-order valence-electron chi connectivity index (χ0n) is 32.5. The van der Waals surface area contributed by atoms with Gasteiger partial charge in [0.25, 0.3) is 0 Å². The Morgan fingerprint density at radius 2 is 1.00 bits per heavy atom. The molecule has 0 bridgehead atoms. The highest BCUT2D eigenvalue weighted by molar-refractivity contribution is 6.14. The fourth-order valence-corrected chi connectivity index (χ4v) is 9.31. The van der Waals surface area contributed by atoms with Crippen molar-refractivity contribution in [2.75, 3.05) is 0 Å². The first-order chi connectivity index (χ1) is 29.0. The molecule has 0 N–H and O–H groups in total. The number of hydrogen-bond donors (Lipinski definition) is 0. The SMILES string of the molecule is CC1(C)c2ccccc2-c2cc3c(cc21)c1ccccc1n3-c1cccc2c1oc1cc(-c3nc(-c4ccccc4)nc(-c4ccc(-c5ccccc5)cc4)n3)ccc12. The molecule has 0 aliphatic heterocycles. The van der Waals surface area contributed by atoms with E-state index in [-0.39, 0.29) is 5.41 Å². The van der Waals surface area contributed by atoms with Crippen LogP contribution < -0.4 is 0 Å². The predicted molar refractivity (Wildman–Crippen MR) is 241 cm³/mol. The zero-order chi connectivity index (χ0) is 39.2. The molecule has 0 saturated heterocycles. The minimum Gasteiger partial charge on any atom is -0.454 e. The Bertz CT molecular complexity index is 3450. The van der Waals surface area contributed by atoms with Crippen LogP contribution in [0.3, 0.4) is 0 Å². The minimum atomic E-state index is -0.0894. The molecule has 3 heterocycles. The molecule has 1 aliphatic rings. The van der Waals surface area contributed by atoms with Gasteiger partial charge in [0, 0.05) is 43.7 Å². The van der Waals surface area contributed by atoms with E-state index in [0.29, 0.717) is 17.5 Å². The third-order valence-electron chi connectivity index (χ3n) is 12.3. The van der Waals surface area contributed by atoms with Crippen LogP contribution in [-0.4, -0.2) is 19.5 Å². The van der Waals surface area contributed by atoms with Gasteiger partial charge >= 0.3 is 0 Å². The smallest absolute Gasteiger partial charge is 0.164 e. The first-order valence-corrected chi connectivity index (χ1v) is 20.1. The van der Waals surface area contributed by atoms with Crippen LogP contribution in [-0.2, 0) is 5.41 Å². The molecule has 3 aromatic heterocycles. The molecule has 5 heteroatoms. The van der Waals surface area contributed by atoms with Gasteiger partial charge in [0.1, 0.15) is 5.58 Å². The molecule has 0 amide bonds. The second-order valence-electron chi connectivity index (χ2n) is 16.0. The van der Waals surface area contributed by atoms with E-state index in [0.717, 1.165) is 60.9 Å². The third-order valence-corrected chi connectivity index (χ3v) is 12.3. The van der Waals surface area contributed by atoms with E-state index in [1.54, 1.807) is 0 Å². The maximum atomic E-state index is 6.94. The van der Waals surface area contributed by atoms with E-state index >= 15 is 0 Å². The summed E-state index contributed by atoms with van der Waals surface area (Å²) in [5.41, 5.74) is 15.2. The second-order valence-corrected chi connectivity index (χ2v) is 16.0. The van der Waals surface area contributed by atoms with Crippen molar-refractivity contribution in [3.63, 3.8) is 0 Å². The summed E-state index contributed by atoms with van der Waals surface area (Å²) in [5, 5.41) is 4.56. The largest absolute Gasteiger partial charge is 0.454 e. The zero-order valence-corrected chi connectivity index (χ0v) is 32.5. The number of furan rings is 1. The highest BCUT2D eigenvalue weighted by Gasteiger charge is 2.36. The molecule has 0 fully saturated rings. The Balaban J connectivity index is 1.02. The van der Waals surface area contributed by atoms with Gasteiger partial charge in [-0.15, -0.1) is 0 Å². The number of rotatable bonds is 5. The molecule has 0 saturated carbocycles. The molecule has 278 valence electrons. The van der Waals surface area contributed by atoms with Gasteiger partial charge in [-0.05, 0) is 69.8 Å². The number of nitrogens with zero attached hydrogens (tertiary/aromatic N) is 4. The Morgan fingerprint density at radius 1 is 0.407 bits per heavy atom. The van der Waals surface area contributed by atoms with Gasteiger partial charge in [-0.3, -0.25) is 0 Å². The van der Waals surface area contributed by atoms with E-state index in [4.69, 9.17) is 19.4 Å². The summed E-state index contributed by atoms with van der Waals surface area (Å²) in [6.07, 6.45) is 0. The van der Waals surface area contributed by atoms with Crippen LogP contribution in [0.2, 0.25) is 0 Å². The van der Waals surface area contributed by atoms with Gasteiger partial charge < -0.3 is 8.98 Å². The summed E-state index contributed by atoms with van der Waals surface area (Å²) in [5.74, 6) is 1.82. The van der Waals surface area contributed by atoms with E-state index < -0.39 is 0 Å². The lowest BCUT2D eigenvalue weighted by molar-refractivity contribution is 0.661. The van der Waals surface area contributed by atoms with E-state index in [1.165, 1.54) is 38.6 Å². The molecule has 1 aliphatic carbocycles. The molecule has 59 heavy (non-hydrogen) atoms. The topological polar surface area (TPSA) is 56.7 Å². The Kier molecular flexibility index (Phi) is 7.20. The van der Waals surface area contributed by atoms with Crippen molar-refractivity contribution in [1.29, 1.82) is 0 Å². The highest BCUT2D eigenvalue weighted by Crippen LogP contribution is 2.51. The number of benzene rings is 8. The first-order valence-electron chi connectivity index (χ1n) is 20.1. The fourth-order valence-electron chi connectivity index (χ4n) is 9.31. The van der Waals surface area contributed by atoms with Crippen molar-refractivity contribution in [3.8, 4) is 62.1 Å². The van der Waals surface area contributed by atoms with Crippen molar-refractivity contribution in [2.24, 2.45) is 0 Å². The molecule has 11 aromatic rings. The molecule has 0 spiro atoms. The van der Waals surface area contributed by atoms with E-state index in [1.807, 2.05) is 36.4 Å². The molecule has 8 aromatic carbocycles. The maximum Gasteiger partial charge on any atom is 0.164 e. The van der Waals surface area contributed by atoms with Crippen molar-refractivity contribution in [3.05, 3.63) is 193 Å². The number of aromatic nitrogens is 4. The first kappa shape index (κ1) is 33.5. The van der Waals surface area contributed by atoms with Crippen LogP contribution in [0, 0.1) is 0 Å². The quantitative estimate of drug-likeness (QED) is 0.175. The Morgan fingerprint density at radius 3 is 1.78 bits per heavy atom. The van der Waals surface area contributed by atoms with Crippen molar-refractivity contribution in [2.45, 2.75) is 19.3 Å². The lowest BCUT2D eigenvalue weighted by Gasteiger charge is -2.21. The summed E-state index contributed by atoms with van der Waals surface area (Å²) in [6, 6.07) is 64.1. The summed E-state index contributed by atoms with van der Waals surface area (Å²) in [4.78, 5) is 15.1. The number of para-hydroxylation sites is 2. The monoisotopic (exact) mass is 756 g/mol. The number of fused-ring (bicyclic) bond motifs is 9. The van der Waals surface area contributed by atoms with Gasteiger partial charge in [-0.25, -0.2) is 15.0 Å². The van der Waals surface area contributed by atoms with Crippen LogP contribution in [0.1, 0.15) is 25.0 Å². The van der Waals surface area contributed by atoms with Gasteiger partial charge in [0.2, 0.25) is 0 Å². The third kappa shape index (κ3) is 5.14. The van der Waals surface area contributed by atoms with Crippen LogP contribution in [0.5, 0.6) is 0 Å². The van der Waals surface area contributed by atoms with Crippen LogP contribution in [0.4, 0.5) is 0 Å². The van der Waals surface area contributed by atoms with Crippen molar-refractivity contribution >= 4 is 43.7 Å². The normalized spacial score (nSPS) is 13.1. The average molecular weight is 757 g/mol. The van der Waals surface area contributed by atoms with Gasteiger partial charge in [0.15, 0.2) is 23.1 Å². The van der Waals surface area contributed by atoms with Crippen LogP contribution >= 0.6 is 0 Å². The Labute approximate surface area is 340 Å². The van der Waals surface area contributed by atoms with Gasteiger partial charge in [-0.2, -0.15) is 0 Å². The summed E-state index contributed by atoms with van der Waals surface area (Å²) in [7, 11) is 0. The second kappa shape index (κ2) is 12.7. The molecule has 0 radical (unpaired) electrons. The van der Waals surface area contributed by atoms with Crippen LogP contribution in [0.15, 0.2) is 186 Å². The molecule has 5 nitrogen and oxygen atoms in total. The predicted octanol–water partition coefficient (Wildman–Crippen LogP) is 13.8. The molecular weight excluding hydrogens is 721 g/mol. The molecule has 0 atom stereocenters. The lowest BCUT2D eigenvalue weighted by Crippen LogP contribution is -2.14. The van der Waals surface area contributed by atoms with E-state index in [2.05, 4.69) is 164 Å². The van der Waals surface area contributed by atoms with Crippen LogP contribution in [0.25, 0.3) is 106 Å². The standard InChI is InChI=1S/C54H36N4O/c1-54(2)44-21-11-9-18-38(44)42-32-48-43(31-45(42)54)39-19-10-12-22-46(39)58(48)47-23-13-20-41-40-29-28-37(30-49(40)59-50(41)47)53-56-51(35-16-7-4-8-17-35)55-52(57-53)36-26-24-34(25-27-36)33-14-5-3-6-15-33/h3-32H,1-2H3. The van der Waals surface area contributed by atoms with E-state index in [9.17, 15) is 0 Å². The highest BCUT2D eigenvalue weighted by atomic mass is 16.3. The average Bonchev–Trinajstić information content (AvgIpc) is 3.91. The fraction of sp³-hybridized carbons (Fsp3) is 0.0556. The molecule has 12 rings (SSSR count). The summed E-state index contributed by atoms with van der Waals surface area (Å²) in [6.45, 7) is 4.69. The van der Waals surface area contributed by atoms with Gasteiger partial charge in [-0.1, -0.05) is 159 Å². The van der Waals surface area contributed by atoms with Crippen molar-refractivity contribution in [1.82, 2.24) is 19.5 Å². The Hall–Kier alpha value is -7.63. The van der Waals surface area contributed by atoms with Crippen molar-refractivity contribution < 1.29 is 4.42 Å². The summed E-state index contributed by atoms with van der Waals surface area (Å²) < 4.78 is 9.33. The molecular formula is C54H36N4O. The lowest BCUT2D eigenvalue weighted by atomic mass is 9.82. The minimum absolute atomic E-state index is 0.0894. The maximum absolute atomic E-state index is 6.94.